The van der Waals surface area contributed by atoms with E-state index in [1.54, 1.807) is 16.7 Å². The van der Waals surface area contributed by atoms with Gasteiger partial charge in [0.2, 0.25) is 0 Å². The summed E-state index contributed by atoms with van der Waals surface area (Å²) >= 11 is 14.3. The molecule has 0 bridgehead atoms. The number of rotatable bonds is 5. The van der Waals surface area contributed by atoms with Gasteiger partial charge in [0, 0.05) is 12.1 Å². The van der Waals surface area contributed by atoms with Gasteiger partial charge in [-0.1, -0.05) is 34.5 Å². The first-order chi connectivity index (χ1) is 13.4. The number of nitrogens with zero attached hydrogens (tertiary/aromatic N) is 2. The van der Waals surface area contributed by atoms with E-state index < -0.39 is 11.9 Å². The molecule has 28 heavy (non-hydrogen) atoms. The minimum absolute atomic E-state index is 0.129. The number of halogens is 2. The molecule has 1 aromatic carbocycles. The molecule has 2 aromatic heterocycles. The lowest BCUT2D eigenvalue weighted by atomic mass is 10.3. The highest BCUT2D eigenvalue weighted by Crippen LogP contribution is 2.34. The number of benzene rings is 1. The summed E-state index contributed by atoms with van der Waals surface area (Å²) in [6.45, 7) is -0.129. The third kappa shape index (κ3) is 4.02. The van der Waals surface area contributed by atoms with Crippen molar-refractivity contribution in [1.82, 2.24) is 4.57 Å². The standard InChI is InChI=1S/C17H14Cl2N2O5S2/c1-24-10-5-9-12(6-11(10)25-2)27-17(21(9)7-14(22)26-3)20-16(23)8-4-13(18)28-15(8)19/h4-6H,7H2,1-3H3. The summed E-state index contributed by atoms with van der Waals surface area (Å²) in [7, 11) is 4.32. The molecule has 0 atom stereocenters. The first kappa shape index (κ1) is 20.7. The van der Waals surface area contributed by atoms with Gasteiger partial charge in [-0.2, -0.15) is 4.99 Å². The van der Waals surface area contributed by atoms with Gasteiger partial charge >= 0.3 is 5.97 Å². The molecule has 148 valence electrons. The molecule has 0 aliphatic heterocycles. The van der Waals surface area contributed by atoms with Crippen molar-refractivity contribution in [1.29, 1.82) is 0 Å². The Morgan fingerprint density at radius 3 is 2.32 bits per heavy atom. The van der Waals surface area contributed by atoms with Crippen molar-refractivity contribution in [2.75, 3.05) is 21.3 Å². The summed E-state index contributed by atoms with van der Waals surface area (Å²) in [6.07, 6.45) is 0. The van der Waals surface area contributed by atoms with Crippen LogP contribution < -0.4 is 14.3 Å². The first-order valence-electron chi connectivity index (χ1n) is 7.74. The third-order valence-corrected chi connectivity index (χ3v) is 6.32. The summed E-state index contributed by atoms with van der Waals surface area (Å²) < 4.78 is 18.4. The fourth-order valence-corrected chi connectivity index (χ4v) is 4.95. The second-order valence-electron chi connectivity index (χ2n) is 5.38. The molecule has 0 aliphatic rings. The first-order valence-corrected chi connectivity index (χ1v) is 10.1. The van der Waals surface area contributed by atoms with Crippen LogP contribution in [0.3, 0.4) is 0 Å². The van der Waals surface area contributed by atoms with Crippen molar-refractivity contribution in [3.05, 3.63) is 37.2 Å². The fraction of sp³-hybridized carbons (Fsp3) is 0.235. The number of thiophene rings is 1. The van der Waals surface area contributed by atoms with Crippen LogP contribution in [-0.4, -0.2) is 37.8 Å². The van der Waals surface area contributed by atoms with Crippen molar-refractivity contribution in [3.8, 4) is 11.5 Å². The number of carbonyl (C=O) groups excluding carboxylic acids is 2. The van der Waals surface area contributed by atoms with Gasteiger partial charge < -0.3 is 18.8 Å². The number of methoxy groups -OCH3 is 3. The molecule has 7 nitrogen and oxygen atoms in total. The summed E-state index contributed by atoms with van der Waals surface area (Å²) in [4.78, 5) is 29.0. The summed E-state index contributed by atoms with van der Waals surface area (Å²) in [5, 5.41) is 0. The summed E-state index contributed by atoms with van der Waals surface area (Å²) in [6, 6.07) is 4.93. The van der Waals surface area contributed by atoms with E-state index in [1.807, 2.05) is 0 Å². The Labute approximate surface area is 177 Å². The largest absolute Gasteiger partial charge is 0.493 e. The second-order valence-corrected chi connectivity index (χ2v) is 8.67. The van der Waals surface area contributed by atoms with Gasteiger partial charge in [0.15, 0.2) is 16.3 Å². The Balaban J connectivity index is 2.22. The van der Waals surface area contributed by atoms with Gasteiger partial charge in [-0.3, -0.25) is 9.59 Å². The van der Waals surface area contributed by atoms with Crippen LogP contribution >= 0.6 is 45.9 Å². The van der Waals surface area contributed by atoms with Gasteiger partial charge in [-0.05, 0) is 6.07 Å². The Hall–Kier alpha value is -2.07. The molecule has 0 unspecified atom stereocenters. The number of fused-ring (bicyclic) bond motifs is 1. The fourth-order valence-electron chi connectivity index (χ4n) is 2.46. The van der Waals surface area contributed by atoms with Crippen LogP contribution in [0.25, 0.3) is 10.2 Å². The van der Waals surface area contributed by atoms with E-state index >= 15 is 0 Å². The Morgan fingerprint density at radius 2 is 1.75 bits per heavy atom. The third-order valence-electron chi connectivity index (χ3n) is 3.79. The van der Waals surface area contributed by atoms with E-state index in [0.29, 0.717) is 26.2 Å². The number of amides is 1. The lowest BCUT2D eigenvalue weighted by Gasteiger charge is -2.09. The topological polar surface area (TPSA) is 79.1 Å². The van der Waals surface area contributed by atoms with Gasteiger partial charge in [0.25, 0.3) is 5.91 Å². The van der Waals surface area contributed by atoms with Gasteiger partial charge in [-0.25, -0.2) is 0 Å². The van der Waals surface area contributed by atoms with Crippen LogP contribution in [-0.2, 0) is 16.1 Å². The van der Waals surface area contributed by atoms with E-state index in [1.165, 1.54) is 38.7 Å². The summed E-state index contributed by atoms with van der Waals surface area (Å²) in [5.74, 6) is -0.0406. The zero-order valence-electron chi connectivity index (χ0n) is 14.9. The van der Waals surface area contributed by atoms with E-state index in [2.05, 4.69) is 4.99 Å². The number of carbonyl (C=O) groups is 2. The minimum Gasteiger partial charge on any atom is -0.493 e. The van der Waals surface area contributed by atoms with E-state index in [4.69, 9.17) is 37.4 Å². The number of hydrogen-bond donors (Lipinski definition) is 0. The second kappa shape index (κ2) is 8.52. The monoisotopic (exact) mass is 460 g/mol. The van der Waals surface area contributed by atoms with Crippen LogP contribution in [0.1, 0.15) is 10.4 Å². The molecule has 0 radical (unpaired) electrons. The molecule has 0 N–H and O–H groups in total. The zero-order chi connectivity index (χ0) is 20.4. The maximum absolute atomic E-state index is 12.6. The maximum atomic E-state index is 12.6. The van der Waals surface area contributed by atoms with Crippen LogP contribution in [0.2, 0.25) is 8.67 Å². The molecule has 2 heterocycles. The van der Waals surface area contributed by atoms with Crippen LogP contribution in [0.5, 0.6) is 11.5 Å². The predicted molar refractivity (Wildman–Crippen MR) is 109 cm³/mol. The molecule has 3 aromatic rings. The van der Waals surface area contributed by atoms with Crippen molar-refractivity contribution in [3.63, 3.8) is 0 Å². The molecule has 1 amide bonds. The number of esters is 1. The molecule has 3 rings (SSSR count). The van der Waals surface area contributed by atoms with E-state index in [9.17, 15) is 9.59 Å². The molecule has 11 heteroatoms. The highest BCUT2D eigenvalue weighted by atomic mass is 35.5. The van der Waals surface area contributed by atoms with Crippen LogP contribution in [0.15, 0.2) is 23.2 Å². The summed E-state index contributed by atoms with van der Waals surface area (Å²) in [5.41, 5.74) is 0.850. The van der Waals surface area contributed by atoms with Gasteiger partial charge in [-0.15, -0.1) is 11.3 Å². The Kier molecular flexibility index (Phi) is 6.29. The van der Waals surface area contributed by atoms with Crippen molar-refractivity contribution >= 4 is 68.0 Å². The number of thiazole rings is 1. The molecule has 0 saturated carbocycles. The SMILES string of the molecule is COC(=O)Cn1c(=NC(=O)c2cc(Cl)sc2Cl)sc2cc(OC)c(OC)cc21. The number of aromatic nitrogens is 1. The minimum atomic E-state index is -0.558. The van der Waals surface area contributed by atoms with Crippen molar-refractivity contribution in [2.45, 2.75) is 6.54 Å². The highest BCUT2D eigenvalue weighted by molar-refractivity contribution is 7.20. The van der Waals surface area contributed by atoms with Crippen molar-refractivity contribution in [2.24, 2.45) is 4.99 Å². The molecular formula is C17H14Cl2N2O5S2. The van der Waals surface area contributed by atoms with Crippen LogP contribution in [0.4, 0.5) is 0 Å². The quantitative estimate of drug-likeness (QED) is 0.537. The van der Waals surface area contributed by atoms with Crippen molar-refractivity contribution < 1.29 is 23.8 Å². The number of ether oxygens (including phenoxy) is 3. The molecule has 0 spiro atoms. The average molecular weight is 461 g/mol. The highest BCUT2D eigenvalue weighted by Gasteiger charge is 2.18. The lowest BCUT2D eigenvalue weighted by molar-refractivity contribution is -0.141. The average Bonchev–Trinajstić information content (AvgIpc) is 3.18. The predicted octanol–water partition coefficient (Wildman–Crippen LogP) is 4.00. The van der Waals surface area contributed by atoms with E-state index in [0.717, 1.165) is 16.0 Å². The molecule has 0 saturated heterocycles. The Bertz CT molecular complexity index is 1130. The lowest BCUT2D eigenvalue weighted by Crippen LogP contribution is -2.22. The molecular weight excluding hydrogens is 447 g/mol. The smallest absolute Gasteiger partial charge is 0.325 e. The van der Waals surface area contributed by atoms with E-state index in [-0.39, 0.29) is 16.4 Å². The molecule has 0 aliphatic carbocycles. The zero-order valence-corrected chi connectivity index (χ0v) is 18.1. The number of hydrogen-bond acceptors (Lipinski definition) is 7. The van der Waals surface area contributed by atoms with Gasteiger partial charge in [0.05, 0.1) is 41.4 Å². The maximum Gasteiger partial charge on any atom is 0.325 e. The molecule has 0 fully saturated rings. The van der Waals surface area contributed by atoms with Gasteiger partial charge in [0.1, 0.15) is 10.9 Å². The Morgan fingerprint density at radius 1 is 1.07 bits per heavy atom. The normalized spacial score (nSPS) is 11.7. The van der Waals surface area contributed by atoms with Crippen LogP contribution in [0, 0.1) is 0 Å².